The van der Waals surface area contributed by atoms with Crippen molar-refractivity contribution in [2.75, 3.05) is 19.7 Å². The van der Waals surface area contributed by atoms with Crippen LogP contribution in [0.25, 0.3) is 0 Å². The second-order valence-corrected chi connectivity index (χ2v) is 4.86. The third-order valence-electron chi connectivity index (χ3n) is 3.40. The number of nitrogens with one attached hydrogen (secondary N) is 1. The van der Waals surface area contributed by atoms with Gasteiger partial charge >= 0.3 is 0 Å². The Hall–Kier alpha value is -1.69. The SMILES string of the molecule is Cc1nc(OCCC2CCCNC2)ccc1[N+](=O)[O-]. The molecule has 1 unspecified atom stereocenters. The molecule has 0 bridgehead atoms. The van der Waals surface area contributed by atoms with Gasteiger partial charge in [-0.15, -0.1) is 0 Å². The van der Waals surface area contributed by atoms with Crippen LogP contribution in [-0.2, 0) is 0 Å². The second-order valence-electron chi connectivity index (χ2n) is 4.86. The molecule has 0 saturated carbocycles. The van der Waals surface area contributed by atoms with Gasteiger partial charge in [-0.05, 0) is 45.2 Å². The Morgan fingerprint density at radius 1 is 1.58 bits per heavy atom. The molecule has 2 rings (SSSR count). The summed E-state index contributed by atoms with van der Waals surface area (Å²) in [6, 6.07) is 3.00. The molecular weight excluding hydrogens is 246 g/mol. The summed E-state index contributed by atoms with van der Waals surface area (Å²) in [5.41, 5.74) is 0.422. The summed E-state index contributed by atoms with van der Waals surface area (Å²) in [7, 11) is 0. The van der Waals surface area contributed by atoms with E-state index < -0.39 is 4.92 Å². The number of piperidine rings is 1. The van der Waals surface area contributed by atoms with Crippen molar-refractivity contribution in [3.05, 3.63) is 27.9 Å². The normalized spacial score (nSPS) is 19.1. The zero-order chi connectivity index (χ0) is 13.7. The van der Waals surface area contributed by atoms with Gasteiger partial charge in [0.25, 0.3) is 5.69 Å². The molecule has 0 aromatic carbocycles. The lowest BCUT2D eigenvalue weighted by Crippen LogP contribution is -2.30. The molecule has 0 radical (unpaired) electrons. The van der Waals surface area contributed by atoms with E-state index in [4.69, 9.17) is 4.74 Å². The van der Waals surface area contributed by atoms with E-state index in [1.807, 2.05) is 0 Å². The van der Waals surface area contributed by atoms with Gasteiger partial charge in [-0.3, -0.25) is 10.1 Å². The Morgan fingerprint density at radius 2 is 2.42 bits per heavy atom. The molecule has 1 aromatic heterocycles. The monoisotopic (exact) mass is 265 g/mol. The molecule has 1 atom stereocenters. The molecule has 6 nitrogen and oxygen atoms in total. The van der Waals surface area contributed by atoms with E-state index in [-0.39, 0.29) is 5.69 Å². The average Bonchev–Trinajstić information content (AvgIpc) is 2.39. The number of pyridine rings is 1. The molecule has 0 spiro atoms. The number of aryl methyl sites for hydroxylation is 1. The Morgan fingerprint density at radius 3 is 3.05 bits per heavy atom. The van der Waals surface area contributed by atoms with Crippen LogP contribution in [-0.4, -0.2) is 29.6 Å². The second kappa shape index (κ2) is 6.47. The average molecular weight is 265 g/mol. The number of nitro groups is 1. The summed E-state index contributed by atoms with van der Waals surface area (Å²) in [5.74, 6) is 1.12. The van der Waals surface area contributed by atoms with E-state index in [2.05, 4.69) is 10.3 Å². The first-order valence-corrected chi connectivity index (χ1v) is 6.62. The maximum Gasteiger partial charge on any atom is 0.290 e. The number of nitrogens with zero attached hydrogens (tertiary/aromatic N) is 2. The Kier molecular flexibility index (Phi) is 4.68. The van der Waals surface area contributed by atoms with Gasteiger partial charge in [-0.2, -0.15) is 0 Å². The quantitative estimate of drug-likeness (QED) is 0.651. The van der Waals surface area contributed by atoms with Crippen LogP contribution in [0.4, 0.5) is 5.69 Å². The van der Waals surface area contributed by atoms with Gasteiger partial charge in [0.05, 0.1) is 11.5 Å². The Bertz CT molecular complexity index is 445. The highest BCUT2D eigenvalue weighted by Gasteiger charge is 2.14. The molecule has 1 saturated heterocycles. The van der Waals surface area contributed by atoms with Crippen molar-refractivity contribution in [1.29, 1.82) is 0 Å². The number of aromatic nitrogens is 1. The van der Waals surface area contributed by atoms with Crippen LogP contribution in [0.15, 0.2) is 12.1 Å². The van der Waals surface area contributed by atoms with Gasteiger partial charge in [0.2, 0.25) is 5.88 Å². The summed E-state index contributed by atoms with van der Waals surface area (Å²) < 4.78 is 5.56. The van der Waals surface area contributed by atoms with Gasteiger partial charge in [-0.1, -0.05) is 0 Å². The lowest BCUT2D eigenvalue weighted by molar-refractivity contribution is -0.385. The first-order chi connectivity index (χ1) is 9.16. The zero-order valence-electron chi connectivity index (χ0n) is 11.1. The molecule has 1 N–H and O–H groups in total. The predicted molar refractivity (Wildman–Crippen MR) is 71.3 cm³/mol. The van der Waals surface area contributed by atoms with Crippen LogP contribution < -0.4 is 10.1 Å². The summed E-state index contributed by atoms with van der Waals surface area (Å²) in [5, 5.41) is 14.0. The number of hydrogen-bond donors (Lipinski definition) is 1. The molecule has 1 fully saturated rings. The maximum absolute atomic E-state index is 10.7. The van der Waals surface area contributed by atoms with Gasteiger partial charge in [0.15, 0.2) is 0 Å². The van der Waals surface area contributed by atoms with Crippen molar-refractivity contribution < 1.29 is 9.66 Å². The van der Waals surface area contributed by atoms with Crippen LogP contribution in [0.5, 0.6) is 5.88 Å². The van der Waals surface area contributed by atoms with Crippen LogP contribution in [0.3, 0.4) is 0 Å². The Balaban J connectivity index is 1.82. The molecule has 1 aromatic rings. The molecule has 104 valence electrons. The summed E-state index contributed by atoms with van der Waals surface area (Å²) in [6.45, 7) is 4.39. The largest absolute Gasteiger partial charge is 0.478 e. The molecule has 6 heteroatoms. The number of ether oxygens (including phenoxy) is 1. The van der Waals surface area contributed by atoms with Crippen molar-refractivity contribution >= 4 is 5.69 Å². The first-order valence-electron chi connectivity index (χ1n) is 6.62. The minimum Gasteiger partial charge on any atom is -0.478 e. The summed E-state index contributed by atoms with van der Waals surface area (Å²) in [4.78, 5) is 14.3. The number of hydrogen-bond acceptors (Lipinski definition) is 5. The molecule has 1 aliphatic rings. The smallest absolute Gasteiger partial charge is 0.290 e. The third kappa shape index (κ3) is 3.89. The van der Waals surface area contributed by atoms with Crippen LogP contribution >= 0.6 is 0 Å². The topological polar surface area (TPSA) is 77.3 Å². The minimum atomic E-state index is -0.431. The lowest BCUT2D eigenvalue weighted by Gasteiger charge is -2.22. The van der Waals surface area contributed by atoms with Gasteiger partial charge in [-0.25, -0.2) is 4.98 Å². The van der Waals surface area contributed by atoms with E-state index in [0.29, 0.717) is 24.1 Å². The number of rotatable bonds is 5. The van der Waals surface area contributed by atoms with E-state index in [9.17, 15) is 10.1 Å². The summed E-state index contributed by atoms with van der Waals surface area (Å²) >= 11 is 0. The molecule has 2 heterocycles. The van der Waals surface area contributed by atoms with Crippen LogP contribution in [0.2, 0.25) is 0 Å². The van der Waals surface area contributed by atoms with Crippen molar-refractivity contribution in [1.82, 2.24) is 10.3 Å². The molecule has 19 heavy (non-hydrogen) atoms. The van der Waals surface area contributed by atoms with Crippen molar-refractivity contribution in [2.24, 2.45) is 5.92 Å². The lowest BCUT2D eigenvalue weighted by atomic mass is 9.97. The van der Waals surface area contributed by atoms with Gasteiger partial charge in [0, 0.05) is 12.1 Å². The van der Waals surface area contributed by atoms with E-state index in [1.54, 1.807) is 13.0 Å². The highest BCUT2D eigenvalue weighted by molar-refractivity contribution is 5.36. The minimum absolute atomic E-state index is 0.0313. The fourth-order valence-electron chi connectivity index (χ4n) is 2.30. The zero-order valence-corrected chi connectivity index (χ0v) is 11.1. The summed E-state index contributed by atoms with van der Waals surface area (Å²) in [6.07, 6.45) is 3.45. The highest BCUT2D eigenvalue weighted by atomic mass is 16.6. The third-order valence-corrected chi connectivity index (χ3v) is 3.40. The predicted octanol–water partition coefficient (Wildman–Crippen LogP) is 2.07. The van der Waals surface area contributed by atoms with Crippen LogP contribution in [0.1, 0.15) is 25.0 Å². The molecule has 1 aliphatic heterocycles. The van der Waals surface area contributed by atoms with E-state index in [1.165, 1.54) is 18.9 Å². The van der Waals surface area contributed by atoms with Crippen molar-refractivity contribution in [3.63, 3.8) is 0 Å². The van der Waals surface area contributed by atoms with Gasteiger partial charge < -0.3 is 10.1 Å². The van der Waals surface area contributed by atoms with Gasteiger partial charge in [0.1, 0.15) is 5.69 Å². The van der Waals surface area contributed by atoms with E-state index in [0.717, 1.165) is 19.5 Å². The fraction of sp³-hybridized carbons (Fsp3) is 0.615. The van der Waals surface area contributed by atoms with Crippen molar-refractivity contribution in [2.45, 2.75) is 26.2 Å². The first kappa shape index (κ1) is 13.7. The maximum atomic E-state index is 10.7. The molecular formula is C13H19N3O3. The van der Waals surface area contributed by atoms with E-state index >= 15 is 0 Å². The molecule has 0 amide bonds. The standard InChI is InChI=1S/C13H19N3O3/c1-10-12(16(17)18)4-5-13(15-10)19-8-6-11-3-2-7-14-9-11/h4-5,11,14H,2-3,6-9H2,1H3. The van der Waals surface area contributed by atoms with Crippen LogP contribution in [0, 0.1) is 23.0 Å². The van der Waals surface area contributed by atoms with Crippen molar-refractivity contribution in [3.8, 4) is 5.88 Å². The molecule has 0 aliphatic carbocycles. The highest BCUT2D eigenvalue weighted by Crippen LogP contribution is 2.20. The fourth-order valence-corrected chi connectivity index (χ4v) is 2.30. The Labute approximate surface area is 112 Å².